The van der Waals surface area contributed by atoms with Crippen LogP contribution in [0.5, 0.6) is 0 Å². The van der Waals surface area contributed by atoms with Gasteiger partial charge in [0.1, 0.15) is 5.78 Å². The molecule has 3 fully saturated rings. The molecule has 2 aliphatic heterocycles. The molecule has 3 aliphatic rings. The van der Waals surface area contributed by atoms with Gasteiger partial charge in [0.25, 0.3) is 0 Å². The van der Waals surface area contributed by atoms with Gasteiger partial charge in [-0.25, -0.2) is 8.42 Å². The van der Waals surface area contributed by atoms with Crippen molar-refractivity contribution in [1.29, 1.82) is 0 Å². The number of fused-ring (bicyclic) bond motifs is 3. The maximum absolute atomic E-state index is 14.0. The van der Waals surface area contributed by atoms with Crippen LogP contribution >= 0.6 is 0 Å². The summed E-state index contributed by atoms with van der Waals surface area (Å²) >= 11 is 0. The summed E-state index contributed by atoms with van der Waals surface area (Å²) in [6, 6.07) is 22.1. The number of carbonyl (C=O) groups is 3. The van der Waals surface area contributed by atoms with Gasteiger partial charge in [0.05, 0.1) is 28.5 Å². The summed E-state index contributed by atoms with van der Waals surface area (Å²) in [5.41, 5.74) is 3.13. The van der Waals surface area contributed by atoms with Gasteiger partial charge in [-0.2, -0.15) is 4.31 Å². The fourth-order valence-corrected chi connectivity index (χ4v) is 8.13. The maximum Gasteiger partial charge on any atom is 0.243 e. The highest BCUT2D eigenvalue weighted by molar-refractivity contribution is 7.89. The van der Waals surface area contributed by atoms with Crippen molar-refractivity contribution in [1.82, 2.24) is 4.31 Å². The predicted octanol–water partition coefficient (Wildman–Crippen LogP) is 4.06. The molecule has 3 aromatic rings. The van der Waals surface area contributed by atoms with Crippen molar-refractivity contribution in [2.45, 2.75) is 31.2 Å². The highest BCUT2D eigenvalue weighted by Gasteiger charge is 2.63. The molecule has 2 amide bonds. The summed E-state index contributed by atoms with van der Waals surface area (Å²) in [7, 11) is -4.00. The molecule has 0 unspecified atom stereocenters. The standard InChI is InChI=1S/C30H28N2O5S/c1-18-8-12-20(13-9-18)28-27-24(17-31(28)38(36,37)22-14-10-19(2)11-15-22)26-23(16-25(27)33)29(34)32(30(26)35)21-6-4-3-5-7-21/h3-15,23-24,26-28H,16-17H2,1-2H3/t23-,24-,26-,27+,28-/m1/s1. The van der Waals surface area contributed by atoms with E-state index in [4.69, 9.17) is 0 Å². The highest BCUT2D eigenvalue weighted by atomic mass is 32.2. The van der Waals surface area contributed by atoms with Crippen LogP contribution in [-0.2, 0) is 24.4 Å². The normalized spacial score (nSPS) is 27.5. The van der Waals surface area contributed by atoms with Crippen molar-refractivity contribution in [3.8, 4) is 0 Å². The van der Waals surface area contributed by atoms with Crippen molar-refractivity contribution in [2.75, 3.05) is 11.4 Å². The lowest BCUT2D eigenvalue weighted by atomic mass is 9.66. The minimum Gasteiger partial charge on any atom is -0.299 e. The second kappa shape index (κ2) is 8.99. The Labute approximate surface area is 222 Å². The Kier molecular flexibility index (Phi) is 5.85. The van der Waals surface area contributed by atoms with Crippen molar-refractivity contribution < 1.29 is 22.8 Å². The number of para-hydroxylation sites is 1. The first kappa shape index (κ1) is 24.7. The molecule has 1 aliphatic carbocycles. The number of hydrogen-bond acceptors (Lipinski definition) is 5. The Bertz CT molecular complexity index is 1530. The Balaban J connectivity index is 1.46. The van der Waals surface area contributed by atoms with Gasteiger partial charge >= 0.3 is 0 Å². The fourth-order valence-electron chi connectivity index (χ4n) is 6.46. The number of nitrogens with zero attached hydrogens (tertiary/aromatic N) is 2. The monoisotopic (exact) mass is 528 g/mol. The topological polar surface area (TPSA) is 91.8 Å². The lowest BCUT2D eigenvalue weighted by Crippen LogP contribution is -2.42. The Morgan fingerprint density at radius 3 is 1.97 bits per heavy atom. The molecule has 38 heavy (non-hydrogen) atoms. The van der Waals surface area contributed by atoms with Crippen molar-refractivity contribution in [3.63, 3.8) is 0 Å². The van der Waals surface area contributed by atoms with Gasteiger partial charge in [-0.05, 0) is 49.6 Å². The molecular weight excluding hydrogens is 500 g/mol. The molecule has 3 aromatic carbocycles. The van der Waals surface area contributed by atoms with Crippen LogP contribution in [0.4, 0.5) is 5.69 Å². The SMILES string of the molecule is Cc1ccc([C@@H]2[C@@H]3C(=O)C[C@H]4C(=O)N(c5ccccc5)C(=O)[C@H]4[C@H]3CN2S(=O)(=O)c2ccc(C)cc2)cc1. The third kappa shape index (κ3) is 3.74. The van der Waals surface area contributed by atoms with Crippen molar-refractivity contribution >= 4 is 33.3 Å². The van der Waals surface area contributed by atoms with E-state index in [1.807, 2.05) is 38.1 Å². The summed E-state index contributed by atoms with van der Waals surface area (Å²) in [4.78, 5) is 42.2. The molecule has 0 spiro atoms. The molecule has 194 valence electrons. The number of aryl methyl sites for hydroxylation is 2. The van der Waals surface area contributed by atoms with E-state index in [1.165, 1.54) is 9.21 Å². The molecule has 1 saturated carbocycles. The lowest BCUT2D eigenvalue weighted by molar-refractivity contribution is -0.136. The average Bonchev–Trinajstić information content (AvgIpc) is 3.42. The Hall–Kier alpha value is -3.62. The summed E-state index contributed by atoms with van der Waals surface area (Å²) in [5, 5.41) is 0. The van der Waals surface area contributed by atoms with Gasteiger partial charge in [0.15, 0.2) is 0 Å². The van der Waals surface area contributed by atoms with Gasteiger partial charge in [-0.1, -0.05) is 65.7 Å². The number of Topliss-reactive ketones (excluding diaryl/α,β-unsaturated/α-hetero) is 1. The zero-order valence-corrected chi connectivity index (χ0v) is 22.0. The largest absolute Gasteiger partial charge is 0.299 e. The van der Waals surface area contributed by atoms with E-state index in [2.05, 4.69) is 0 Å². The first-order chi connectivity index (χ1) is 18.2. The lowest BCUT2D eigenvalue weighted by Gasteiger charge is -2.33. The number of amides is 2. The Morgan fingerprint density at radius 1 is 0.737 bits per heavy atom. The number of hydrogen-bond donors (Lipinski definition) is 0. The van der Waals surface area contributed by atoms with Crippen molar-refractivity contribution in [2.24, 2.45) is 23.7 Å². The molecule has 0 N–H and O–H groups in total. The maximum atomic E-state index is 14.0. The summed E-state index contributed by atoms with van der Waals surface area (Å²) in [6.45, 7) is 3.82. The molecule has 0 bridgehead atoms. The molecule has 0 aromatic heterocycles. The van der Waals surface area contributed by atoms with E-state index in [1.54, 1.807) is 54.6 Å². The number of carbonyl (C=O) groups excluding carboxylic acids is 3. The van der Waals surface area contributed by atoms with Crippen LogP contribution < -0.4 is 4.90 Å². The molecule has 5 atom stereocenters. The van der Waals surface area contributed by atoms with Gasteiger partial charge in [0.2, 0.25) is 21.8 Å². The molecule has 8 heteroatoms. The van der Waals surface area contributed by atoms with E-state index >= 15 is 0 Å². The van der Waals surface area contributed by atoms with Crippen LogP contribution in [0.2, 0.25) is 0 Å². The van der Waals surface area contributed by atoms with Crippen LogP contribution in [0.1, 0.15) is 29.2 Å². The summed E-state index contributed by atoms with van der Waals surface area (Å²) in [5.74, 6) is -3.76. The summed E-state index contributed by atoms with van der Waals surface area (Å²) in [6.07, 6.45) is -0.0689. The second-order valence-corrected chi connectivity index (χ2v) is 12.5. The van der Waals surface area contributed by atoms with E-state index in [0.29, 0.717) is 11.3 Å². The van der Waals surface area contributed by atoms with Gasteiger partial charge in [-0.3, -0.25) is 19.3 Å². The van der Waals surface area contributed by atoms with Crippen LogP contribution in [-0.4, -0.2) is 36.9 Å². The first-order valence-corrected chi connectivity index (χ1v) is 14.2. The zero-order valence-electron chi connectivity index (χ0n) is 21.2. The van der Waals surface area contributed by atoms with Crippen LogP contribution in [0.25, 0.3) is 0 Å². The predicted molar refractivity (Wildman–Crippen MR) is 142 cm³/mol. The first-order valence-electron chi connectivity index (χ1n) is 12.8. The molecule has 2 saturated heterocycles. The highest BCUT2D eigenvalue weighted by Crippen LogP contribution is 2.54. The van der Waals surface area contributed by atoms with E-state index in [0.717, 1.165) is 11.1 Å². The van der Waals surface area contributed by atoms with E-state index in [9.17, 15) is 22.8 Å². The number of sulfonamides is 1. The van der Waals surface area contributed by atoms with Crippen LogP contribution in [0.15, 0.2) is 83.8 Å². The average molecular weight is 529 g/mol. The number of benzene rings is 3. The third-order valence-electron chi connectivity index (χ3n) is 8.29. The molecule has 7 nitrogen and oxygen atoms in total. The van der Waals surface area contributed by atoms with Gasteiger partial charge in [0, 0.05) is 18.9 Å². The molecule has 6 rings (SSSR count). The fraction of sp³-hybridized carbons (Fsp3) is 0.300. The van der Waals surface area contributed by atoms with Crippen molar-refractivity contribution in [3.05, 3.63) is 95.6 Å². The van der Waals surface area contributed by atoms with Crippen LogP contribution in [0.3, 0.4) is 0 Å². The van der Waals surface area contributed by atoms with E-state index < -0.39 is 39.7 Å². The number of imide groups is 1. The zero-order chi connectivity index (χ0) is 26.8. The molecule has 2 heterocycles. The number of rotatable bonds is 4. The smallest absolute Gasteiger partial charge is 0.243 e. The second-order valence-electron chi connectivity index (χ2n) is 10.6. The molecular formula is C30H28N2O5S. The third-order valence-corrected chi connectivity index (χ3v) is 10.2. The van der Waals surface area contributed by atoms with E-state index in [-0.39, 0.29) is 35.5 Å². The minimum atomic E-state index is -4.00. The molecule has 0 radical (unpaired) electrons. The summed E-state index contributed by atoms with van der Waals surface area (Å²) < 4.78 is 29.4. The quantitative estimate of drug-likeness (QED) is 0.477. The number of anilines is 1. The minimum absolute atomic E-state index is 0.00598. The van der Waals surface area contributed by atoms with Gasteiger partial charge < -0.3 is 0 Å². The Morgan fingerprint density at radius 2 is 1.34 bits per heavy atom. The van der Waals surface area contributed by atoms with Gasteiger partial charge in [-0.15, -0.1) is 0 Å². The number of ketones is 1. The van der Waals surface area contributed by atoms with Crippen LogP contribution in [0, 0.1) is 37.5 Å².